The summed E-state index contributed by atoms with van der Waals surface area (Å²) in [6, 6.07) is 0. The van der Waals surface area contributed by atoms with Crippen LogP contribution in [0.2, 0.25) is 0 Å². The van der Waals surface area contributed by atoms with Gasteiger partial charge >= 0.3 is 0 Å². The average Bonchev–Trinajstić information content (AvgIpc) is 2.98. The first-order valence-electron chi connectivity index (χ1n) is 6.24. The zero-order valence-corrected chi connectivity index (χ0v) is 11.8. The largest absolute Gasteiger partial charge is 0.403 e. The zero-order valence-electron chi connectivity index (χ0n) is 11.0. The highest BCUT2D eigenvalue weighted by atomic mass is 32.1. The van der Waals surface area contributed by atoms with E-state index < -0.39 is 18.2 Å². The van der Waals surface area contributed by atoms with Gasteiger partial charge in [0, 0.05) is 17.4 Å². The van der Waals surface area contributed by atoms with Crippen LogP contribution in [0.4, 0.5) is 5.00 Å². The Balaban J connectivity index is 1.87. The summed E-state index contributed by atoms with van der Waals surface area (Å²) >= 11 is 1.40. The van der Waals surface area contributed by atoms with Crippen LogP contribution in [0.5, 0.6) is 5.75 Å². The number of aliphatic hydroxyl groups excluding tert-OH is 1. The lowest BCUT2D eigenvalue weighted by Gasteiger charge is -2.41. The number of hydrogen-bond donors (Lipinski definition) is 2. The van der Waals surface area contributed by atoms with Crippen molar-refractivity contribution in [3.05, 3.63) is 10.9 Å². The minimum atomic E-state index is -0.972. The third-order valence-electron chi connectivity index (χ3n) is 3.92. The fourth-order valence-corrected chi connectivity index (χ4v) is 3.28. The fourth-order valence-electron chi connectivity index (χ4n) is 2.55. The summed E-state index contributed by atoms with van der Waals surface area (Å²) in [5, 5.41) is 13.2. The molecule has 20 heavy (non-hydrogen) atoms. The lowest BCUT2D eigenvalue weighted by atomic mass is 9.89. The molecule has 0 unspecified atom stereocenters. The third-order valence-corrected chi connectivity index (χ3v) is 4.75. The maximum atomic E-state index is 12.4. The number of aliphatic hydroxyl groups is 1. The van der Waals surface area contributed by atoms with E-state index in [-0.39, 0.29) is 12.3 Å². The van der Waals surface area contributed by atoms with Crippen LogP contribution >= 0.6 is 11.3 Å². The van der Waals surface area contributed by atoms with Gasteiger partial charge in [-0.1, -0.05) is 0 Å². The predicted octanol–water partition coefficient (Wildman–Crippen LogP) is 0.297. The number of rotatable bonds is 2. The summed E-state index contributed by atoms with van der Waals surface area (Å²) in [5.41, 5.74) is 5.76. The summed E-state index contributed by atoms with van der Waals surface area (Å²) in [6.45, 7) is 1.51. The summed E-state index contributed by atoms with van der Waals surface area (Å²) < 4.78 is 0. The van der Waals surface area contributed by atoms with E-state index in [0.717, 1.165) is 10.5 Å². The molecule has 3 rings (SSSR count). The van der Waals surface area contributed by atoms with Crippen LogP contribution < -0.4 is 10.6 Å². The zero-order chi connectivity index (χ0) is 14.5. The van der Waals surface area contributed by atoms with Crippen LogP contribution in [0.25, 0.3) is 0 Å². The SMILES string of the molecule is C[C@]1(N2Cc3c(csc3N)O2)CCC(=O)N(CO)C1=O. The number of fused-ring (bicyclic) bond motifs is 1. The van der Waals surface area contributed by atoms with Gasteiger partial charge in [-0.05, 0) is 13.3 Å². The lowest BCUT2D eigenvalue weighted by molar-refractivity contribution is -0.186. The highest BCUT2D eigenvalue weighted by Crippen LogP contribution is 2.42. The highest BCUT2D eigenvalue weighted by Gasteiger charge is 2.51. The van der Waals surface area contributed by atoms with Crippen molar-refractivity contribution in [3.63, 3.8) is 0 Å². The Bertz CT molecular complexity index is 587. The average molecular weight is 297 g/mol. The van der Waals surface area contributed by atoms with E-state index in [1.165, 1.54) is 11.3 Å². The Morgan fingerprint density at radius 3 is 2.95 bits per heavy atom. The molecule has 1 atom stereocenters. The van der Waals surface area contributed by atoms with Crippen LogP contribution in [-0.2, 0) is 16.1 Å². The van der Waals surface area contributed by atoms with Crippen LogP contribution in [0.15, 0.2) is 5.38 Å². The van der Waals surface area contributed by atoms with Crippen molar-refractivity contribution >= 4 is 28.2 Å². The maximum Gasteiger partial charge on any atom is 0.254 e. The Labute approximate surface area is 119 Å². The molecule has 0 aliphatic carbocycles. The number of thiophene rings is 1. The van der Waals surface area contributed by atoms with E-state index >= 15 is 0 Å². The first-order chi connectivity index (χ1) is 9.47. The van der Waals surface area contributed by atoms with Gasteiger partial charge in [-0.15, -0.1) is 16.4 Å². The van der Waals surface area contributed by atoms with Crippen molar-refractivity contribution in [1.29, 1.82) is 0 Å². The quantitative estimate of drug-likeness (QED) is 0.762. The van der Waals surface area contributed by atoms with E-state index in [9.17, 15) is 14.7 Å². The van der Waals surface area contributed by atoms with Crippen LogP contribution in [-0.4, -0.2) is 39.2 Å². The molecule has 1 aromatic rings. The van der Waals surface area contributed by atoms with Crippen molar-refractivity contribution < 1.29 is 19.5 Å². The molecule has 0 bridgehead atoms. The van der Waals surface area contributed by atoms with Crippen LogP contribution in [0, 0.1) is 0 Å². The Morgan fingerprint density at radius 2 is 2.30 bits per heavy atom. The number of carbonyl (C=O) groups is 2. The number of amides is 2. The van der Waals surface area contributed by atoms with E-state index in [1.54, 1.807) is 17.4 Å². The Hall–Kier alpha value is -1.64. The molecule has 7 nitrogen and oxygen atoms in total. The number of nitrogens with zero attached hydrogens (tertiary/aromatic N) is 2. The topological polar surface area (TPSA) is 96.1 Å². The molecule has 1 saturated heterocycles. The molecule has 8 heteroatoms. The molecule has 1 aromatic heterocycles. The second kappa shape index (κ2) is 4.44. The fraction of sp³-hybridized carbons (Fsp3) is 0.500. The Morgan fingerprint density at radius 1 is 1.55 bits per heavy atom. The number of nitrogen functional groups attached to an aromatic ring is 1. The molecule has 2 amide bonds. The van der Waals surface area contributed by atoms with Gasteiger partial charge in [0.05, 0.1) is 11.5 Å². The van der Waals surface area contributed by atoms with Crippen LogP contribution in [0.1, 0.15) is 25.3 Å². The maximum absolute atomic E-state index is 12.4. The molecule has 108 valence electrons. The van der Waals surface area contributed by atoms with Gasteiger partial charge < -0.3 is 15.7 Å². The standard InChI is InChI=1S/C12H15N3O4S/c1-12(3-2-9(17)14(6-16)11(12)18)15-4-7-8(19-15)5-20-10(7)13/h5,16H,2-4,6,13H2,1H3/t12-/m0/s1. The smallest absolute Gasteiger partial charge is 0.254 e. The molecule has 3 N–H and O–H groups in total. The van der Waals surface area contributed by atoms with Gasteiger partial charge in [0.15, 0.2) is 5.75 Å². The molecule has 0 aromatic carbocycles. The Kier molecular flexibility index (Phi) is 2.96. The van der Waals surface area contributed by atoms with E-state index in [4.69, 9.17) is 10.6 Å². The molecule has 0 radical (unpaired) electrons. The molecule has 3 heterocycles. The number of anilines is 1. The first-order valence-corrected chi connectivity index (χ1v) is 7.12. The minimum absolute atomic E-state index is 0.199. The second-order valence-corrected chi connectivity index (χ2v) is 6.02. The van der Waals surface area contributed by atoms with Crippen molar-refractivity contribution in [2.45, 2.75) is 31.8 Å². The summed E-state index contributed by atoms with van der Waals surface area (Å²) in [7, 11) is 0. The second-order valence-electron chi connectivity index (χ2n) is 5.11. The van der Waals surface area contributed by atoms with Gasteiger partial charge in [0.25, 0.3) is 5.91 Å². The monoisotopic (exact) mass is 297 g/mol. The summed E-state index contributed by atoms with van der Waals surface area (Å²) in [6.07, 6.45) is 0.555. The molecule has 2 aliphatic rings. The lowest BCUT2D eigenvalue weighted by Crippen LogP contribution is -2.62. The van der Waals surface area contributed by atoms with Gasteiger partial charge in [-0.2, -0.15) is 0 Å². The van der Waals surface area contributed by atoms with E-state index in [2.05, 4.69) is 0 Å². The molecule has 0 spiro atoms. The van der Waals surface area contributed by atoms with E-state index in [1.807, 2.05) is 0 Å². The molecule has 0 saturated carbocycles. The highest BCUT2D eigenvalue weighted by molar-refractivity contribution is 7.14. The number of imide groups is 1. The van der Waals surface area contributed by atoms with E-state index in [0.29, 0.717) is 23.7 Å². The predicted molar refractivity (Wildman–Crippen MR) is 71.5 cm³/mol. The summed E-state index contributed by atoms with van der Waals surface area (Å²) in [5.74, 6) is -0.138. The van der Waals surface area contributed by atoms with Crippen molar-refractivity contribution in [2.75, 3.05) is 12.5 Å². The van der Waals surface area contributed by atoms with Crippen molar-refractivity contribution in [3.8, 4) is 5.75 Å². The summed E-state index contributed by atoms with van der Waals surface area (Å²) in [4.78, 5) is 30.6. The number of nitrogens with two attached hydrogens (primary N) is 1. The van der Waals surface area contributed by atoms with Gasteiger partial charge in [-0.3, -0.25) is 14.5 Å². The molecule has 2 aliphatic heterocycles. The number of piperidine rings is 1. The number of likely N-dealkylation sites (tertiary alicyclic amines) is 1. The number of hydroxylamine groups is 2. The normalized spacial score (nSPS) is 26.8. The van der Waals surface area contributed by atoms with Gasteiger partial charge in [0.2, 0.25) is 5.91 Å². The van der Waals surface area contributed by atoms with Gasteiger partial charge in [0.1, 0.15) is 12.3 Å². The molecular formula is C12H15N3O4S. The first kappa shape index (κ1) is 13.3. The van der Waals surface area contributed by atoms with Gasteiger partial charge in [-0.25, -0.2) is 0 Å². The molecule has 1 fully saturated rings. The minimum Gasteiger partial charge on any atom is -0.403 e. The number of hydrogen-bond acceptors (Lipinski definition) is 7. The van der Waals surface area contributed by atoms with Crippen LogP contribution in [0.3, 0.4) is 0 Å². The van der Waals surface area contributed by atoms with Crippen molar-refractivity contribution in [1.82, 2.24) is 9.96 Å². The number of carbonyl (C=O) groups excluding carboxylic acids is 2. The van der Waals surface area contributed by atoms with Crippen molar-refractivity contribution in [2.24, 2.45) is 0 Å². The third kappa shape index (κ3) is 1.72. The molecular weight excluding hydrogens is 282 g/mol.